The van der Waals surface area contributed by atoms with Gasteiger partial charge >= 0.3 is 0 Å². The third-order valence-corrected chi connectivity index (χ3v) is 4.82. The first-order chi connectivity index (χ1) is 14.9. The van der Waals surface area contributed by atoms with Crippen molar-refractivity contribution in [1.29, 1.82) is 0 Å². The second-order valence-corrected chi connectivity index (χ2v) is 7.38. The highest BCUT2D eigenvalue weighted by atomic mass is 79.9. The van der Waals surface area contributed by atoms with Crippen LogP contribution in [0.1, 0.15) is 11.4 Å². The van der Waals surface area contributed by atoms with Crippen LogP contribution in [0.4, 0.5) is 5.69 Å². The maximum absolute atomic E-state index is 12.8. The van der Waals surface area contributed by atoms with E-state index in [4.69, 9.17) is 4.74 Å². The Hall–Kier alpha value is -3.92. The van der Waals surface area contributed by atoms with Crippen LogP contribution in [0.3, 0.4) is 0 Å². The van der Waals surface area contributed by atoms with Crippen LogP contribution < -0.4 is 10.3 Å². The van der Waals surface area contributed by atoms with Crippen molar-refractivity contribution in [2.24, 2.45) is 5.10 Å². The summed E-state index contributed by atoms with van der Waals surface area (Å²) in [7, 11) is 0. The van der Waals surface area contributed by atoms with Crippen LogP contribution in [-0.2, 0) is 0 Å². The van der Waals surface area contributed by atoms with Crippen LogP contribution in [0.2, 0.25) is 0 Å². The van der Waals surface area contributed by atoms with Crippen molar-refractivity contribution in [2.75, 3.05) is 0 Å². The Morgan fingerprint density at radius 3 is 2.61 bits per heavy atom. The zero-order valence-corrected chi connectivity index (χ0v) is 17.7. The van der Waals surface area contributed by atoms with E-state index >= 15 is 0 Å². The first-order valence-corrected chi connectivity index (χ1v) is 9.81. The molecule has 9 nitrogen and oxygen atoms in total. The first kappa shape index (κ1) is 20.4. The lowest BCUT2D eigenvalue weighted by molar-refractivity contribution is -0.385. The Balaban J connectivity index is 1.54. The lowest BCUT2D eigenvalue weighted by Crippen LogP contribution is -2.20. The van der Waals surface area contributed by atoms with Gasteiger partial charge in [0, 0.05) is 16.6 Å². The highest BCUT2D eigenvalue weighted by Gasteiger charge is 2.08. The zero-order valence-electron chi connectivity index (χ0n) is 16.1. The number of fused-ring (bicyclic) bond motifs is 1. The maximum Gasteiger partial charge on any atom is 0.287 e. The molecular weight excluding hydrogens is 466 g/mol. The molecule has 0 radical (unpaired) electrons. The zero-order chi connectivity index (χ0) is 22.0. The molecule has 2 aromatic heterocycles. The Kier molecular flexibility index (Phi) is 5.54. The van der Waals surface area contributed by atoms with Crippen molar-refractivity contribution >= 4 is 38.7 Å². The van der Waals surface area contributed by atoms with Gasteiger partial charge in [0.2, 0.25) is 5.88 Å². The first-order valence-electron chi connectivity index (χ1n) is 9.02. The largest absolute Gasteiger partial charge is 0.439 e. The molecule has 0 atom stereocenters. The normalized spacial score (nSPS) is 11.2. The van der Waals surface area contributed by atoms with Gasteiger partial charge in [0.1, 0.15) is 17.8 Å². The summed E-state index contributed by atoms with van der Waals surface area (Å²) in [6.07, 6.45) is 2.68. The van der Waals surface area contributed by atoms with Gasteiger partial charge in [0.05, 0.1) is 22.0 Å². The number of aromatic nitrogens is 3. The van der Waals surface area contributed by atoms with Gasteiger partial charge in [-0.15, -0.1) is 0 Å². The lowest BCUT2D eigenvalue weighted by Gasteiger charge is -2.06. The Bertz CT molecular complexity index is 1370. The van der Waals surface area contributed by atoms with Crippen molar-refractivity contribution in [3.8, 4) is 11.6 Å². The van der Waals surface area contributed by atoms with Gasteiger partial charge < -0.3 is 4.74 Å². The minimum Gasteiger partial charge on any atom is -0.439 e. The molecule has 2 heterocycles. The van der Waals surface area contributed by atoms with Gasteiger partial charge in [-0.05, 0) is 55.0 Å². The molecule has 0 N–H and O–H groups in total. The molecule has 4 aromatic rings. The second kappa shape index (κ2) is 8.44. The van der Waals surface area contributed by atoms with Crippen molar-refractivity contribution in [1.82, 2.24) is 14.6 Å². The molecule has 0 spiro atoms. The fraction of sp³-hybridized carbons (Fsp3) is 0.0476. The van der Waals surface area contributed by atoms with Crippen molar-refractivity contribution < 1.29 is 9.66 Å². The van der Waals surface area contributed by atoms with Crippen LogP contribution in [0.25, 0.3) is 10.9 Å². The average Bonchev–Trinajstić information content (AvgIpc) is 2.76. The summed E-state index contributed by atoms with van der Waals surface area (Å²) in [6, 6.07) is 15.0. The Morgan fingerprint density at radius 1 is 1.16 bits per heavy atom. The molecule has 154 valence electrons. The summed E-state index contributed by atoms with van der Waals surface area (Å²) in [4.78, 5) is 31.3. The molecule has 10 heteroatoms. The van der Waals surface area contributed by atoms with E-state index in [2.05, 4.69) is 31.0 Å². The molecular formula is C21H14BrN5O4. The number of rotatable bonds is 5. The second-order valence-electron chi connectivity index (χ2n) is 6.46. The number of nitrogens with zero attached hydrogens (tertiary/aromatic N) is 5. The quantitative estimate of drug-likeness (QED) is 0.237. The van der Waals surface area contributed by atoms with Gasteiger partial charge in [-0.25, -0.2) is 9.97 Å². The van der Waals surface area contributed by atoms with Gasteiger partial charge in [-0.3, -0.25) is 14.9 Å². The van der Waals surface area contributed by atoms with E-state index in [-0.39, 0.29) is 17.1 Å². The van der Waals surface area contributed by atoms with E-state index in [1.807, 2.05) is 6.07 Å². The van der Waals surface area contributed by atoms with E-state index in [0.29, 0.717) is 22.5 Å². The van der Waals surface area contributed by atoms with Gasteiger partial charge in [-0.1, -0.05) is 15.9 Å². The summed E-state index contributed by atoms with van der Waals surface area (Å²) in [5.41, 5.74) is 0.979. The Morgan fingerprint density at radius 2 is 1.94 bits per heavy atom. The predicted octanol–water partition coefficient (Wildman–Crippen LogP) is 4.45. The monoisotopic (exact) mass is 479 g/mol. The molecule has 0 aliphatic carbocycles. The van der Waals surface area contributed by atoms with Crippen LogP contribution >= 0.6 is 15.9 Å². The number of hydrogen-bond acceptors (Lipinski definition) is 7. The molecule has 0 fully saturated rings. The SMILES string of the molecule is Cc1nc2ccc(Br)cc2c(=O)n1N=Cc1ccc(Oc2ccc([N+](=O)[O-])cn2)cc1. The van der Waals surface area contributed by atoms with Crippen molar-refractivity contribution in [3.63, 3.8) is 0 Å². The molecule has 0 aliphatic heterocycles. The smallest absolute Gasteiger partial charge is 0.287 e. The molecule has 0 amide bonds. The van der Waals surface area contributed by atoms with E-state index in [0.717, 1.165) is 16.2 Å². The molecule has 2 aromatic carbocycles. The number of pyridine rings is 1. The van der Waals surface area contributed by atoms with E-state index in [1.165, 1.54) is 16.8 Å². The molecule has 0 unspecified atom stereocenters. The fourth-order valence-electron chi connectivity index (χ4n) is 2.80. The molecule has 31 heavy (non-hydrogen) atoms. The van der Waals surface area contributed by atoms with Crippen molar-refractivity contribution in [3.05, 3.63) is 97.1 Å². The highest BCUT2D eigenvalue weighted by Crippen LogP contribution is 2.21. The number of nitro groups is 1. The third kappa shape index (κ3) is 4.48. The van der Waals surface area contributed by atoms with Crippen LogP contribution in [0.15, 0.2) is 75.2 Å². The van der Waals surface area contributed by atoms with E-state index in [9.17, 15) is 14.9 Å². The van der Waals surface area contributed by atoms with E-state index in [1.54, 1.807) is 49.5 Å². The summed E-state index contributed by atoms with van der Waals surface area (Å²) >= 11 is 3.37. The number of benzene rings is 2. The minimum atomic E-state index is -0.526. The van der Waals surface area contributed by atoms with Crippen LogP contribution in [-0.4, -0.2) is 25.8 Å². The fourth-order valence-corrected chi connectivity index (χ4v) is 3.16. The predicted molar refractivity (Wildman–Crippen MR) is 119 cm³/mol. The average molecular weight is 480 g/mol. The number of halogens is 1. The molecule has 0 aliphatic rings. The summed E-state index contributed by atoms with van der Waals surface area (Å²) < 4.78 is 7.62. The molecule has 4 rings (SSSR count). The Labute approximate surface area is 183 Å². The lowest BCUT2D eigenvalue weighted by atomic mass is 10.2. The minimum absolute atomic E-state index is 0.111. The maximum atomic E-state index is 12.8. The summed E-state index contributed by atoms with van der Waals surface area (Å²) in [6.45, 7) is 1.72. The van der Waals surface area contributed by atoms with Crippen LogP contribution in [0.5, 0.6) is 11.6 Å². The van der Waals surface area contributed by atoms with Crippen molar-refractivity contribution in [2.45, 2.75) is 6.92 Å². The van der Waals surface area contributed by atoms with Gasteiger partial charge in [-0.2, -0.15) is 9.78 Å². The summed E-state index contributed by atoms with van der Waals surface area (Å²) in [5, 5.41) is 15.4. The number of hydrogen-bond donors (Lipinski definition) is 0. The molecule has 0 bridgehead atoms. The standard InChI is InChI=1S/C21H14BrN5O4/c1-13-25-19-8-4-15(22)10-18(19)21(28)26(13)24-11-14-2-6-17(7-3-14)31-20-9-5-16(12-23-20)27(29)30/h2-12H,1H3. The topological polar surface area (TPSA) is 113 Å². The number of ether oxygens (including phenoxy) is 1. The van der Waals surface area contributed by atoms with Gasteiger partial charge in [0.15, 0.2) is 0 Å². The highest BCUT2D eigenvalue weighted by molar-refractivity contribution is 9.10. The van der Waals surface area contributed by atoms with Crippen LogP contribution in [0, 0.1) is 17.0 Å². The van der Waals surface area contributed by atoms with E-state index < -0.39 is 4.92 Å². The number of aryl methyl sites for hydroxylation is 1. The van der Waals surface area contributed by atoms with Gasteiger partial charge in [0.25, 0.3) is 11.2 Å². The molecule has 0 saturated carbocycles. The third-order valence-electron chi connectivity index (χ3n) is 4.33. The molecule has 0 saturated heterocycles. The summed E-state index contributed by atoms with van der Waals surface area (Å²) in [5.74, 6) is 1.21.